The van der Waals surface area contributed by atoms with Gasteiger partial charge in [-0.15, -0.1) is 0 Å². The number of hydrogen-bond acceptors (Lipinski definition) is 1. The smallest absolute Gasteiger partial charge is 0.0464 e. The van der Waals surface area contributed by atoms with Gasteiger partial charge in [0.1, 0.15) is 0 Å². The van der Waals surface area contributed by atoms with Crippen molar-refractivity contribution >= 4 is 22.1 Å². The highest BCUT2D eigenvalue weighted by atomic mass is 14.9. The first-order valence-electron chi connectivity index (χ1n) is 12.8. The van der Waals surface area contributed by atoms with Gasteiger partial charge in [-0.2, -0.15) is 0 Å². The van der Waals surface area contributed by atoms with E-state index >= 15 is 0 Å². The predicted molar refractivity (Wildman–Crippen MR) is 156 cm³/mol. The lowest BCUT2D eigenvalue weighted by atomic mass is 9.78. The van der Waals surface area contributed by atoms with Gasteiger partial charge in [0.15, 0.2) is 0 Å². The minimum atomic E-state index is -0.0512. The topological polar surface area (TPSA) is 12.0 Å². The highest BCUT2D eigenvalue weighted by Crippen LogP contribution is 2.37. The molecule has 0 amide bonds. The molecular weight excluding hydrogens is 434 g/mol. The van der Waals surface area contributed by atoms with Crippen LogP contribution >= 0.6 is 0 Å². The quantitative estimate of drug-likeness (QED) is 0.270. The van der Waals surface area contributed by atoms with E-state index in [1.807, 2.05) is 0 Å². The SMILES string of the molecule is CC(C)(C)c1ccc(Nc2ccc(C(C)(C)c3ccccc3)cc2)c(-c2ccc3ccccc3c2)c1. The van der Waals surface area contributed by atoms with Crippen LogP contribution < -0.4 is 5.32 Å². The third-order valence-electron chi connectivity index (χ3n) is 7.33. The zero-order valence-electron chi connectivity index (χ0n) is 22.0. The fraction of sp³-hybridized carbons (Fsp3) is 0.200. The van der Waals surface area contributed by atoms with Crippen molar-refractivity contribution in [1.29, 1.82) is 0 Å². The van der Waals surface area contributed by atoms with Crippen LogP contribution in [0.3, 0.4) is 0 Å². The largest absolute Gasteiger partial charge is 0.355 e. The van der Waals surface area contributed by atoms with Crippen LogP contribution in [0, 0.1) is 0 Å². The van der Waals surface area contributed by atoms with Gasteiger partial charge in [0.25, 0.3) is 0 Å². The molecule has 0 aliphatic carbocycles. The average Bonchev–Trinajstić information content (AvgIpc) is 2.89. The number of benzene rings is 5. The number of fused-ring (bicyclic) bond motifs is 1. The Morgan fingerprint density at radius 2 is 1.11 bits per heavy atom. The van der Waals surface area contributed by atoms with Crippen LogP contribution in [0.25, 0.3) is 21.9 Å². The fourth-order valence-electron chi connectivity index (χ4n) is 4.86. The van der Waals surface area contributed by atoms with Crippen molar-refractivity contribution in [2.24, 2.45) is 0 Å². The molecule has 1 nitrogen and oxygen atoms in total. The first kappa shape index (κ1) is 23.9. The molecule has 0 radical (unpaired) electrons. The highest BCUT2D eigenvalue weighted by Gasteiger charge is 2.23. The third kappa shape index (κ3) is 4.79. The van der Waals surface area contributed by atoms with E-state index in [1.54, 1.807) is 0 Å². The lowest BCUT2D eigenvalue weighted by Crippen LogP contribution is -2.18. The highest BCUT2D eigenvalue weighted by molar-refractivity contribution is 5.90. The predicted octanol–water partition coefficient (Wildman–Crippen LogP) is 9.87. The van der Waals surface area contributed by atoms with Crippen LogP contribution in [0.4, 0.5) is 11.4 Å². The van der Waals surface area contributed by atoms with Crippen molar-refractivity contribution in [3.05, 3.63) is 132 Å². The molecule has 1 N–H and O–H groups in total. The molecule has 180 valence electrons. The molecule has 0 spiro atoms. The number of rotatable bonds is 5. The molecule has 5 aromatic carbocycles. The van der Waals surface area contributed by atoms with Crippen molar-refractivity contribution in [2.75, 3.05) is 5.32 Å². The Labute approximate surface area is 215 Å². The molecule has 0 saturated heterocycles. The van der Waals surface area contributed by atoms with Gasteiger partial charge in [0.2, 0.25) is 0 Å². The van der Waals surface area contributed by atoms with Crippen LogP contribution in [0.5, 0.6) is 0 Å². The van der Waals surface area contributed by atoms with E-state index in [2.05, 4.69) is 155 Å². The van der Waals surface area contributed by atoms with Gasteiger partial charge in [0, 0.05) is 22.4 Å². The number of anilines is 2. The van der Waals surface area contributed by atoms with Crippen LogP contribution in [0.15, 0.2) is 115 Å². The van der Waals surface area contributed by atoms with Crippen molar-refractivity contribution < 1.29 is 0 Å². The summed E-state index contributed by atoms with van der Waals surface area (Å²) in [6.07, 6.45) is 0. The van der Waals surface area contributed by atoms with E-state index in [0.717, 1.165) is 11.4 Å². The third-order valence-corrected chi connectivity index (χ3v) is 7.33. The van der Waals surface area contributed by atoms with Crippen molar-refractivity contribution in [1.82, 2.24) is 0 Å². The molecule has 0 aliphatic rings. The van der Waals surface area contributed by atoms with Gasteiger partial charge < -0.3 is 5.32 Å². The van der Waals surface area contributed by atoms with Crippen LogP contribution in [0.2, 0.25) is 0 Å². The van der Waals surface area contributed by atoms with E-state index in [1.165, 1.54) is 38.6 Å². The molecule has 5 aromatic rings. The molecule has 0 aliphatic heterocycles. The molecule has 1 heteroatoms. The molecule has 0 aromatic heterocycles. The summed E-state index contributed by atoms with van der Waals surface area (Å²) >= 11 is 0. The number of hydrogen-bond donors (Lipinski definition) is 1. The molecule has 0 unspecified atom stereocenters. The van der Waals surface area contributed by atoms with Gasteiger partial charge in [-0.1, -0.05) is 120 Å². The molecule has 0 heterocycles. The van der Waals surface area contributed by atoms with Gasteiger partial charge in [-0.05, 0) is 68.8 Å². The van der Waals surface area contributed by atoms with Crippen LogP contribution in [-0.2, 0) is 10.8 Å². The lowest BCUT2D eigenvalue weighted by Gasteiger charge is -2.26. The first-order valence-corrected chi connectivity index (χ1v) is 12.8. The van der Waals surface area contributed by atoms with E-state index in [-0.39, 0.29) is 10.8 Å². The maximum atomic E-state index is 3.72. The van der Waals surface area contributed by atoms with Crippen LogP contribution in [-0.4, -0.2) is 0 Å². The van der Waals surface area contributed by atoms with Crippen molar-refractivity contribution in [3.63, 3.8) is 0 Å². The Bertz CT molecular complexity index is 1490. The van der Waals surface area contributed by atoms with Crippen molar-refractivity contribution in [3.8, 4) is 11.1 Å². The minimum Gasteiger partial charge on any atom is -0.355 e. The van der Waals surface area contributed by atoms with Gasteiger partial charge >= 0.3 is 0 Å². The molecule has 36 heavy (non-hydrogen) atoms. The maximum absolute atomic E-state index is 3.72. The Morgan fingerprint density at radius 1 is 0.500 bits per heavy atom. The second kappa shape index (κ2) is 9.32. The summed E-state index contributed by atoms with van der Waals surface area (Å²) in [6.45, 7) is 11.4. The fourth-order valence-corrected chi connectivity index (χ4v) is 4.86. The summed E-state index contributed by atoms with van der Waals surface area (Å²) in [5.74, 6) is 0. The van der Waals surface area contributed by atoms with Crippen molar-refractivity contribution in [2.45, 2.75) is 45.4 Å². The van der Waals surface area contributed by atoms with Crippen LogP contribution in [0.1, 0.15) is 51.3 Å². The van der Waals surface area contributed by atoms with E-state index in [4.69, 9.17) is 0 Å². The monoisotopic (exact) mass is 469 g/mol. The minimum absolute atomic E-state index is 0.0512. The average molecular weight is 470 g/mol. The lowest BCUT2D eigenvalue weighted by molar-refractivity contribution is 0.590. The van der Waals surface area contributed by atoms with E-state index in [9.17, 15) is 0 Å². The summed E-state index contributed by atoms with van der Waals surface area (Å²) < 4.78 is 0. The Balaban J connectivity index is 1.51. The summed E-state index contributed by atoms with van der Waals surface area (Å²) in [6, 6.07) is 41.7. The first-order chi connectivity index (χ1) is 17.2. The van der Waals surface area contributed by atoms with Gasteiger partial charge in [-0.25, -0.2) is 0 Å². The van der Waals surface area contributed by atoms with Gasteiger partial charge in [-0.3, -0.25) is 0 Å². The Morgan fingerprint density at radius 3 is 1.81 bits per heavy atom. The van der Waals surface area contributed by atoms with E-state index < -0.39 is 0 Å². The summed E-state index contributed by atoms with van der Waals surface area (Å²) in [4.78, 5) is 0. The molecule has 0 bridgehead atoms. The number of nitrogens with one attached hydrogen (secondary N) is 1. The van der Waals surface area contributed by atoms with E-state index in [0.29, 0.717) is 0 Å². The summed E-state index contributed by atoms with van der Waals surface area (Å²) in [5.41, 5.74) is 8.64. The summed E-state index contributed by atoms with van der Waals surface area (Å²) in [7, 11) is 0. The second-order valence-electron chi connectivity index (χ2n) is 11.3. The molecular formula is C35H35N. The normalized spacial score (nSPS) is 12.0. The molecule has 0 saturated carbocycles. The zero-order chi connectivity index (χ0) is 25.3. The molecule has 5 rings (SSSR count). The Kier molecular flexibility index (Phi) is 6.18. The molecule has 0 atom stereocenters. The van der Waals surface area contributed by atoms with Gasteiger partial charge in [0.05, 0.1) is 0 Å². The maximum Gasteiger partial charge on any atom is 0.0464 e. The second-order valence-corrected chi connectivity index (χ2v) is 11.3. The summed E-state index contributed by atoms with van der Waals surface area (Å²) in [5, 5.41) is 6.24. The zero-order valence-corrected chi connectivity index (χ0v) is 22.0. The standard InChI is InChI=1S/C35H35N/c1-34(2,3)30-19-22-33(32(24-30)27-16-15-25-11-9-10-12-26(25)23-27)36-31-20-17-29(18-21-31)35(4,5)28-13-7-6-8-14-28/h6-24,36H,1-5H3. The Hall–Kier alpha value is -3.84. The molecule has 0 fully saturated rings.